The van der Waals surface area contributed by atoms with E-state index in [9.17, 15) is 9.59 Å². The zero-order valence-corrected chi connectivity index (χ0v) is 18.1. The van der Waals surface area contributed by atoms with Gasteiger partial charge in [0.25, 0.3) is 0 Å². The van der Waals surface area contributed by atoms with E-state index in [1.807, 2.05) is 0 Å². The monoisotopic (exact) mass is 437 g/mol. The van der Waals surface area contributed by atoms with E-state index in [1.165, 1.54) is 21.3 Å². The lowest BCUT2D eigenvalue weighted by Crippen LogP contribution is -2.19. The van der Waals surface area contributed by atoms with Gasteiger partial charge in [-0.15, -0.1) is 6.58 Å². The predicted molar refractivity (Wildman–Crippen MR) is 119 cm³/mol. The number of rotatable bonds is 8. The Kier molecular flexibility index (Phi) is 5.77. The number of hydrogen-bond donors (Lipinski definition) is 0. The van der Waals surface area contributed by atoms with Gasteiger partial charge in [0, 0.05) is 30.8 Å². The number of carbonyl (C=O) groups excluding carboxylic acids is 1. The normalized spacial score (nSPS) is 12.0. The molecule has 3 aromatic rings. The van der Waals surface area contributed by atoms with Gasteiger partial charge in [0.05, 0.1) is 43.5 Å². The summed E-state index contributed by atoms with van der Waals surface area (Å²) < 4.78 is 29.1. The Balaban J connectivity index is 2.04. The molecule has 32 heavy (non-hydrogen) atoms. The standard InChI is InChI=1S/C24H23NO7/c1-5-6-7-18(26)16-12-25(14-8-21(28-2)24(30-4)22(9-14)29-3)17-11-20-19(31-13-32-20)10-15(17)23(16)27/h5,8-12H,1,6-7,13H2,2-4H3. The van der Waals surface area contributed by atoms with Gasteiger partial charge in [-0.1, -0.05) is 6.08 Å². The van der Waals surface area contributed by atoms with Crippen LogP contribution in [0.25, 0.3) is 16.6 Å². The number of hydrogen-bond acceptors (Lipinski definition) is 7. The van der Waals surface area contributed by atoms with E-state index in [0.29, 0.717) is 51.8 Å². The van der Waals surface area contributed by atoms with Crippen molar-refractivity contribution in [2.24, 2.45) is 0 Å². The van der Waals surface area contributed by atoms with Crippen molar-refractivity contribution in [2.45, 2.75) is 12.8 Å². The SMILES string of the molecule is C=CCCC(=O)c1cn(-c2cc(OC)c(OC)c(OC)c2)c2cc3c(cc2c1=O)OCO3. The summed E-state index contributed by atoms with van der Waals surface area (Å²) in [6, 6.07) is 6.82. The summed E-state index contributed by atoms with van der Waals surface area (Å²) in [7, 11) is 4.56. The van der Waals surface area contributed by atoms with Crippen molar-refractivity contribution < 1.29 is 28.5 Å². The van der Waals surface area contributed by atoms with E-state index in [2.05, 4.69) is 6.58 Å². The molecule has 2 heterocycles. The highest BCUT2D eigenvalue weighted by Gasteiger charge is 2.22. The van der Waals surface area contributed by atoms with Crippen molar-refractivity contribution in [3.63, 3.8) is 0 Å². The molecule has 166 valence electrons. The van der Waals surface area contributed by atoms with Crippen LogP contribution in [0.4, 0.5) is 0 Å². The first-order valence-electron chi connectivity index (χ1n) is 9.95. The Labute approximate surface area is 184 Å². The third kappa shape index (κ3) is 3.53. The largest absolute Gasteiger partial charge is 0.493 e. The van der Waals surface area contributed by atoms with Crippen molar-refractivity contribution in [3.8, 4) is 34.4 Å². The Bertz CT molecular complexity index is 1250. The predicted octanol–water partition coefficient (Wildman–Crippen LogP) is 3.89. The number of pyridine rings is 1. The van der Waals surface area contributed by atoms with Gasteiger partial charge < -0.3 is 28.3 Å². The van der Waals surface area contributed by atoms with E-state index in [-0.39, 0.29) is 30.0 Å². The van der Waals surface area contributed by atoms with Crippen LogP contribution in [0.1, 0.15) is 23.2 Å². The average molecular weight is 437 g/mol. The Morgan fingerprint density at radius 3 is 2.31 bits per heavy atom. The molecule has 0 N–H and O–H groups in total. The third-order valence-electron chi connectivity index (χ3n) is 5.30. The average Bonchev–Trinajstić information content (AvgIpc) is 3.28. The molecule has 2 aromatic carbocycles. The Morgan fingerprint density at radius 1 is 1.06 bits per heavy atom. The summed E-state index contributed by atoms with van der Waals surface area (Å²) in [5.41, 5.74) is 0.873. The zero-order chi connectivity index (χ0) is 22.8. The maximum absolute atomic E-state index is 13.2. The van der Waals surface area contributed by atoms with Gasteiger partial charge in [0.1, 0.15) is 0 Å². The molecular weight excluding hydrogens is 414 g/mol. The molecule has 1 aliphatic rings. The van der Waals surface area contributed by atoms with Crippen molar-refractivity contribution >= 4 is 16.7 Å². The summed E-state index contributed by atoms with van der Waals surface area (Å²) >= 11 is 0. The molecule has 1 aliphatic heterocycles. The van der Waals surface area contributed by atoms with Crippen molar-refractivity contribution in [3.05, 3.63) is 58.9 Å². The zero-order valence-electron chi connectivity index (χ0n) is 18.1. The molecule has 8 heteroatoms. The van der Waals surface area contributed by atoms with Gasteiger partial charge in [0.2, 0.25) is 12.5 Å². The molecule has 8 nitrogen and oxygen atoms in total. The van der Waals surface area contributed by atoms with Crippen LogP contribution in [-0.2, 0) is 0 Å². The van der Waals surface area contributed by atoms with Crippen LogP contribution in [-0.4, -0.2) is 38.5 Å². The highest BCUT2D eigenvalue weighted by atomic mass is 16.7. The van der Waals surface area contributed by atoms with E-state index in [4.69, 9.17) is 23.7 Å². The van der Waals surface area contributed by atoms with Gasteiger partial charge in [-0.2, -0.15) is 0 Å². The second-order valence-electron chi connectivity index (χ2n) is 7.10. The van der Waals surface area contributed by atoms with Gasteiger partial charge in [-0.05, 0) is 12.5 Å². The van der Waals surface area contributed by atoms with Gasteiger partial charge in [0.15, 0.2) is 34.2 Å². The lowest BCUT2D eigenvalue weighted by molar-refractivity contribution is 0.0982. The molecule has 0 saturated carbocycles. The molecule has 4 rings (SSSR count). The van der Waals surface area contributed by atoms with E-state index in [0.717, 1.165) is 0 Å². The second kappa shape index (κ2) is 8.66. The number of Topliss-reactive ketones (excluding diaryl/α,β-unsaturated/α-hetero) is 1. The number of carbonyl (C=O) groups is 1. The number of ketones is 1. The molecule has 0 atom stereocenters. The lowest BCUT2D eigenvalue weighted by Gasteiger charge is -2.18. The summed E-state index contributed by atoms with van der Waals surface area (Å²) in [6.45, 7) is 3.72. The van der Waals surface area contributed by atoms with Crippen LogP contribution in [0.5, 0.6) is 28.7 Å². The van der Waals surface area contributed by atoms with Crippen LogP contribution >= 0.6 is 0 Å². The highest BCUT2D eigenvalue weighted by molar-refractivity contribution is 5.99. The fraction of sp³-hybridized carbons (Fsp3) is 0.250. The number of nitrogens with zero attached hydrogens (tertiary/aromatic N) is 1. The topological polar surface area (TPSA) is 85.2 Å². The van der Waals surface area contributed by atoms with E-state index >= 15 is 0 Å². The van der Waals surface area contributed by atoms with E-state index in [1.54, 1.807) is 41.1 Å². The summed E-state index contributed by atoms with van der Waals surface area (Å²) in [6.07, 6.45) is 3.85. The molecular formula is C24H23NO7. The highest BCUT2D eigenvalue weighted by Crippen LogP contribution is 2.41. The first-order chi connectivity index (χ1) is 15.5. The van der Waals surface area contributed by atoms with E-state index < -0.39 is 0 Å². The lowest BCUT2D eigenvalue weighted by atomic mass is 10.0. The summed E-state index contributed by atoms with van der Waals surface area (Å²) in [4.78, 5) is 26.1. The molecule has 0 radical (unpaired) electrons. The first kappa shape index (κ1) is 21.3. The molecule has 0 bridgehead atoms. The number of methoxy groups -OCH3 is 3. The van der Waals surface area contributed by atoms with Crippen LogP contribution in [0.15, 0.2) is 47.9 Å². The minimum absolute atomic E-state index is 0.0646. The first-order valence-corrected chi connectivity index (χ1v) is 9.95. The van der Waals surface area contributed by atoms with Crippen molar-refractivity contribution in [1.82, 2.24) is 4.57 Å². The number of allylic oxidation sites excluding steroid dienone is 1. The van der Waals surface area contributed by atoms with Gasteiger partial charge in [-0.3, -0.25) is 9.59 Å². The molecule has 0 fully saturated rings. The summed E-state index contributed by atoms with van der Waals surface area (Å²) in [5, 5.41) is 0.340. The number of aromatic nitrogens is 1. The molecule has 0 spiro atoms. The maximum atomic E-state index is 13.2. The van der Waals surface area contributed by atoms with Crippen LogP contribution in [0, 0.1) is 0 Å². The Hall–Kier alpha value is -3.94. The fourth-order valence-electron chi connectivity index (χ4n) is 3.70. The Morgan fingerprint density at radius 2 is 1.72 bits per heavy atom. The minimum Gasteiger partial charge on any atom is -0.493 e. The summed E-state index contributed by atoms with van der Waals surface area (Å²) in [5.74, 6) is 2.02. The smallest absolute Gasteiger partial charge is 0.231 e. The molecule has 0 saturated heterocycles. The number of ether oxygens (including phenoxy) is 5. The van der Waals surface area contributed by atoms with Crippen LogP contribution in [0.3, 0.4) is 0 Å². The number of fused-ring (bicyclic) bond motifs is 2. The number of benzene rings is 2. The van der Waals surface area contributed by atoms with Crippen molar-refractivity contribution in [2.75, 3.05) is 28.1 Å². The molecule has 0 amide bonds. The maximum Gasteiger partial charge on any atom is 0.231 e. The van der Waals surface area contributed by atoms with Gasteiger partial charge in [-0.25, -0.2) is 0 Å². The van der Waals surface area contributed by atoms with Crippen molar-refractivity contribution in [1.29, 1.82) is 0 Å². The minimum atomic E-state index is -0.365. The molecule has 0 aliphatic carbocycles. The van der Waals surface area contributed by atoms with Crippen LogP contribution < -0.4 is 29.1 Å². The third-order valence-corrected chi connectivity index (χ3v) is 5.30. The quantitative estimate of drug-likeness (QED) is 0.390. The molecule has 1 aromatic heterocycles. The van der Waals surface area contributed by atoms with Gasteiger partial charge >= 0.3 is 0 Å². The second-order valence-corrected chi connectivity index (χ2v) is 7.10. The fourth-order valence-corrected chi connectivity index (χ4v) is 3.70. The van der Waals surface area contributed by atoms with Crippen LogP contribution in [0.2, 0.25) is 0 Å². The molecule has 0 unspecified atom stereocenters.